The largest absolute Gasteiger partial charge is 0.507 e. The van der Waals surface area contributed by atoms with Crippen molar-refractivity contribution in [1.29, 1.82) is 0 Å². The molecule has 1 amide bonds. The number of carbonyl (C=O) groups is 2. The van der Waals surface area contributed by atoms with E-state index in [0.717, 1.165) is 23.1 Å². The molecule has 174 valence electrons. The molecule has 0 aliphatic carbocycles. The lowest BCUT2D eigenvalue weighted by atomic mass is 9.94. The van der Waals surface area contributed by atoms with Crippen LogP contribution in [0, 0.1) is 11.6 Å². The number of ketones is 1. The van der Waals surface area contributed by atoms with Gasteiger partial charge in [0, 0.05) is 11.3 Å². The summed E-state index contributed by atoms with van der Waals surface area (Å²) in [4.78, 5) is 27.3. The van der Waals surface area contributed by atoms with Gasteiger partial charge >= 0.3 is 0 Å². The van der Waals surface area contributed by atoms with E-state index in [2.05, 4.69) is 0 Å². The van der Waals surface area contributed by atoms with Crippen LogP contribution in [0.3, 0.4) is 0 Å². The molecule has 34 heavy (non-hydrogen) atoms. The van der Waals surface area contributed by atoms with Crippen molar-refractivity contribution in [2.24, 2.45) is 0 Å². The van der Waals surface area contributed by atoms with Gasteiger partial charge in [-0.15, -0.1) is 0 Å². The van der Waals surface area contributed by atoms with E-state index >= 15 is 0 Å². The minimum atomic E-state index is -1.17. The summed E-state index contributed by atoms with van der Waals surface area (Å²) in [7, 11) is 0. The fourth-order valence-electron chi connectivity index (χ4n) is 3.78. The molecule has 9 heteroatoms. The predicted octanol–water partition coefficient (Wildman–Crippen LogP) is 5.35. The minimum absolute atomic E-state index is 0.101. The number of nitrogens with zero attached hydrogens (tertiary/aromatic N) is 1. The van der Waals surface area contributed by atoms with E-state index in [4.69, 9.17) is 16.3 Å². The first-order valence-electron chi connectivity index (χ1n) is 10.2. The van der Waals surface area contributed by atoms with Crippen molar-refractivity contribution in [3.63, 3.8) is 0 Å². The summed E-state index contributed by atoms with van der Waals surface area (Å²) in [5.74, 6) is -3.83. The fourth-order valence-corrected chi connectivity index (χ4v) is 3.96. The van der Waals surface area contributed by atoms with Gasteiger partial charge in [-0.05, 0) is 67.1 Å². The number of aliphatic hydroxyl groups excluding tert-OH is 1. The Hall–Kier alpha value is -3.91. The number of halogens is 3. The second-order valence-electron chi connectivity index (χ2n) is 7.43. The van der Waals surface area contributed by atoms with Gasteiger partial charge in [0.2, 0.25) is 0 Å². The molecule has 1 unspecified atom stereocenters. The molecule has 3 aromatic rings. The van der Waals surface area contributed by atoms with E-state index < -0.39 is 35.1 Å². The van der Waals surface area contributed by atoms with E-state index in [0.29, 0.717) is 5.56 Å². The van der Waals surface area contributed by atoms with Gasteiger partial charge in [0.15, 0.2) is 11.5 Å². The van der Waals surface area contributed by atoms with Crippen LogP contribution in [0.2, 0.25) is 5.02 Å². The Kier molecular flexibility index (Phi) is 6.26. The molecule has 0 saturated carbocycles. The second kappa shape index (κ2) is 9.15. The molecule has 6 nitrogen and oxygen atoms in total. The number of hydrogen-bond acceptors (Lipinski definition) is 5. The zero-order valence-corrected chi connectivity index (χ0v) is 18.5. The maximum Gasteiger partial charge on any atom is 0.300 e. The van der Waals surface area contributed by atoms with Gasteiger partial charge in [0.05, 0.1) is 23.2 Å². The van der Waals surface area contributed by atoms with Crippen LogP contribution in [-0.4, -0.2) is 28.5 Å². The quantitative estimate of drug-likeness (QED) is 0.289. The van der Waals surface area contributed by atoms with E-state index in [9.17, 15) is 28.6 Å². The average molecular weight is 486 g/mol. The van der Waals surface area contributed by atoms with Crippen LogP contribution >= 0.6 is 11.6 Å². The Morgan fingerprint density at radius 2 is 1.76 bits per heavy atom. The number of carbonyl (C=O) groups excluding carboxylic acids is 2. The number of anilines is 1. The van der Waals surface area contributed by atoms with Crippen LogP contribution in [0.4, 0.5) is 14.5 Å². The van der Waals surface area contributed by atoms with Gasteiger partial charge in [-0.25, -0.2) is 8.78 Å². The summed E-state index contributed by atoms with van der Waals surface area (Å²) in [5.41, 5.74) is 0.280. The van der Waals surface area contributed by atoms with E-state index in [1.807, 2.05) is 0 Å². The average Bonchev–Trinajstić information content (AvgIpc) is 3.08. The van der Waals surface area contributed by atoms with E-state index in [-0.39, 0.29) is 40.0 Å². The van der Waals surface area contributed by atoms with Crippen molar-refractivity contribution in [2.75, 3.05) is 11.5 Å². The number of amides is 1. The number of benzene rings is 3. The molecular weight excluding hydrogens is 468 g/mol. The highest BCUT2D eigenvalue weighted by Crippen LogP contribution is 2.44. The normalized spacial score (nSPS) is 17.3. The standard InChI is InChI=1S/C25H18ClF2NO5/c1-2-34-20-11-14(5-10-19(20)30)22-21(23(31)13-3-6-15(27)7-4-13)24(32)25(33)29(22)16-8-9-18(28)17(26)12-16/h3-12,22,30-31H,2H2,1H3/b23-21+. The van der Waals surface area contributed by atoms with Crippen molar-refractivity contribution < 1.29 is 33.3 Å². The van der Waals surface area contributed by atoms with Crippen molar-refractivity contribution in [2.45, 2.75) is 13.0 Å². The second-order valence-corrected chi connectivity index (χ2v) is 7.84. The van der Waals surface area contributed by atoms with Crippen LogP contribution in [0.1, 0.15) is 24.1 Å². The first-order chi connectivity index (χ1) is 16.2. The van der Waals surface area contributed by atoms with Gasteiger partial charge in [0.25, 0.3) is 11.7 Å². The minimum Gasteiger partial charge on any atom is -0.507 e. The number of Topliss-reactive ketones (excluding diaryl/α,β-unsaturated/α-hetero) is 1. The molecule has 0 spiro atoms. The zero-order chi connectivity index (χ0) is 24.6. The van der Waals surface area contributed by atoms with E-state index in [1.165, 1.54) is 42.5 Å². The van der Waals surface area contributed by atoms with Gasteiger partial charge in [-0.1, -0.05) is 17.7 Å². The number of aliphatic hydroxyl groups is 1. The Balaban J connectivity index is 1.97. The fraction of sp³-hybridized carbons (Fsp3) is 0.120. The SMILES string of the molecule is CCOc1cc(C2/C(=C(\O)c3ccc(F)cc3)C(=O)C(=O)N2c2ccc(F)c(Cl)c2)ccc1O. The van der Waals surface area contributed by atoms with Crippen LogP contribution < -0.4 is 9.64 Å². The highest BCUT2D eigenvalue weighted by molar-refractivity contribution is 6.51. The Labute approximate surface area is 198 Å². The molecule has 4 rings (SSSR count). The number of hydrogen-bond donors (Lipinski definition) is 2. The molecular formula is C25H18ClF2NO5. The Morgan fingerprint density at radius 1 is 1.06 bits per heavy atom. The maximum atomic E-state index is 13.8. The topological polar surface area (TPSA) is 87.1 Å². The molecule has 1 atom stereocenters. The van der Waals surface area contributed by atoms with Gasteiger partial charge < -0.3 is 14.9 Å². The third kappa shape index (κ3) is 4.08. The third-order valence-corrected chi connectivity index (χ3v) is 5.63. The smallest absolute Gasteiger partial charge is 0.300 e. The third-order valence-electron chi connectivity index (χ3n) is 5.34. The molecule has 0 aromatic heterocycles. The number of phenolic OH excluding ortho intramolecular Hbond substituents is 1. The van der Waals surface area contributed by atoms with Crippen LogP contribution in [0.25, 0.3) is 5.76 Å². The maximum absolute atomic E-state index is 13.8. The molecule has 2 N–H and O–H groups in total. The highest BCUT2D eigenvalue weighted by atomic mass is 35.5. The lowest BCUT2D eigenvalue weighted by molar-refractivity contribution is -0.132. The summed E-state index contributed by atoms with van der Waals surface area (Å²) in [5, 5.41) is 20.9. The van der Waals surface area contributed by atoms with Gasteiger partial charge in [0.1, 0.15) is 17.4 Å². The van der Waals surface area contributed by atoms with Crippen molar-refractivity contribution in [3.05, 3.63) is 94.0 Å². The molecule has 1 aliphatic rings. The number of rotatable bonds is 5. The predicted molar refractivity (Wildman–Crippen MR) is 122 cm³/mol. The Bertz CT molecular complexity index is 1320. The van der Waals surface area contributed by atoms with Crippen molar-refractivity contribution >= 4 is 34.7 Å². The van der Waals surface area contributed by atoms with E-state index in [1.54, 1.807) is 6.92 Å². The first-order valence-corrected chi connectivity index (χ1v) is 10.6. The van der Waals surface area contributed by atoms with Crippen LogP contribution in [-0.2, 0) is 9.59 Å². The van der Waals surface area contributed by atoms with Crippen molar-refractivity contribution in [1.82, 2.24) is 0 Å². The lowest BCUT2D eigenvalue weighted by Gasteiger charge is -2.26. The highest BCUT2D eigenvalue weighted by Gasteiger charge is 2.47. The Morgan fingerprint density at radius 3 is 2.41 bits per heavy atom. The summed E-state index contributed by atoms with van der Waals surface area (Å²) in [6, 6.07) is 11.3. The summed E-state index contributed by atoms with van der Waals surface area (Å²) in [6.45, 7) is 1.95. The summed E-state index contributed by atoms with van der Waals surface area (Å²) < 4.78 is 32.6. The summed E-state index contributed by atoms with van der Waals surface area (Å²) >= 11 is 5.92. The molecule has 3 aromatic carbocycles. The van der Waals surface area contributed by atoms with Crippen LogP contribution in [0.5, 0.6) is 11.5 Å². The van der Waals surface area contributed by atoms with Gasteiger partial charge in [-0.2, -0.15) is 0 Å². The molecule has 0 bridgehead atoms. The zero-order valence-electron chi connectivity index (χ0n) is 17.8. The van der Waals surface area contributed by atoms with Crippen molar-refractivity contribution in [3.8, 4) is 11.5 Å². The lowest BCUT2D eigenvalue weighted by Crippen LogP contribution is -2.29. The molecule has 1 saturated heterocycles. The monoisotopic (exact) mass is 485 g/mol. The molecule has 1 heterocycles. The van der Waals surface area contributed by atoms with Gasteiger partial charge in [-0.3, -0.25) is 14.5 Å². The molecule has 1 fully saturated rings. The van der Waals surface area contributed by atoms with Crippen LogP contribution in [0.15, 0.2) is 66.2 Å². The summed E-state index contributed by atoms with van der Waals surface area (Å²) in [6.07, 6.45) is 0. The molecule has 0 radical (unpaired) electrons. The molecule has 1 aliphatic heterocycles. The number of aromatic hydroxyl groups is 1. The number of phenols is 1. The number of ether oxygens (including phenoxy) is 1. The first kappa shape index (κ1) is 23.3.